The van der Waals surface area contributed by atoms with Crippen molar-refractivity contribution in [1.29, 1.82) is 0 Å². The fourth-order valence-electron chi connectivity index (χ4n) is 8.13. The summed E-state index contributed by atoms with van der Waals surface area (Å²) < 4.78 is 27.8. The summed E-state index contributed by atoms with van der Waals surface area (Å²) in [6.07, 6.45) is 2.99. The molecule has 0 saturated heterocycles. The van der Waals surface area contributed by atoms with Gasteiger partial charge in [0.05, 0.1) is 10.8 Å². The van der Waals surface area contributed by atoms with Crippen LogP contribution in [-0.2, 0) is 38.2 Å². The van der Waals surface area contributed by atoms with Gasteiger partial charge in [0.15, 0.2) is 23.0 Å². The first-order chi connectivity index (χ1) is 33.0. The molecule has 0 bridgehead atoms. The van der Waals surface area contributed by atoms with Crippen molar-refractivity contribution in [2.45, 2.75) is 96.7 Å². The SMILES string of the molecule is Cc1ccc(CNC(=O)OC(C)(C)C)cc1.Cc1ccc(NC(=O)C2(c3ccc4c(c3)OCO4)CC2)cc1-c1ccc(CN)cc1.Cc1ccc(NC(=O)C2(c3ccc4c(c3)OCO4)CC2)cc1Br. The molecule has 2 heterocycles. The summed E-state index contributed by atoms with van der Waals surface area (Å²) in [5, 5.41) is 8.89. The number of anilines is 2. The summed E-state index contributed by atoms with van der Waals surface area (Å²) in [5.41, 5.74) is 15.8. The molecule has 2 aliphatic heterocycles. The molecule has 2 fully saturated rings. The van der Waals surface area contributed by atoms with Crippen molar-refractivity contribution in [1.82, 2.24) is 5.32 Å². The Hall–Kier alpha value is -6.83. The van der Waals surface area contributed by atoms with Crippen LogP contribution >= 0.6 is 15.9 Å². The quantitative estimate of drug-likeness (QED) is 0.105. The number of ether oxygens (including phenoxy) is 5. The van der Waals surface area contributed by atoms with Crippen LogP contribution in [0.4, 0.5) is 16.2 Å². The first-order valence-corrected chi connectivity index (χ1v) is 24.0. The van der Waals surface area contributed by atoms with Gasteiger partial charge < -0.3 is 45.4 Å². The highest BCUT2D eigenvalue weighted by atomic mass is 79.9. The lowest BCUT2D eigenvalue weighted by atomic mass is 9.94. The molecule has 13 heteroatoms. The largest absolute Gasteiger partial charge is 0.454 e. The fourth-order valence-corrected chi connectivity index (χ4v) is 8.51. The Morgan fingerprint density at radius 2 is 1.10 bits per heavy atom. The number of amides is 3. The Bertz CT molecular complexity index is 2850. The lowest BCUT2D eigenvalue weighted by Crippen LogP contribution is -2.32. The number of halogens is 1. The predicted molar refractivity (Wildman–Crippen MR) is 272 cm³/mol. The Morgan fingerprint density at radius 3 is 1.59 bits per heavy atom. The second-order valence-electron chi connectivity index (χ2n) is 18.9. The third-order valence-corrected chi connectivity index (χ3v) is 13.5. The summed E-state index contributed by atoms with van der Waals surface area (Å²) in [6.45, 7) is 13.2. The van der Waals surface area contributed by atoms with Crippen molar-refractivity contribution in [3.05, 3.63) is 165 Å². The van der Waals surface area contributed by atoms with Gasteiger partial charge >= 0.3 is 6.09 Å². The van der Waals surface area contributed by atoms with E-state index >= 15 is 0 Å². The van der Waals surface area contributed by atoms with Crippen molar-refractivity contribution >= 4 is 45.2 Å². The molecular weight excluding hydrogens is 937 g/mol. The molecule has 12 nitrogen and oxygen atoms in total. The highest BCUT2D eigenvalue weighted by Crippen LogP contribution is 2.52. The van der Waals surface area contributed by atoms with Gasteiger partial charge in [-0.05, 0) is 160 Å². The van der Waals surface area contributed by atoms with E-state index in [-0.39, 0.29) is 31.5 Å². The normalized spacial score (nSPS) is 15.0. The average Bonchev–Trinajstić information content (AvgIpc) is 4.23. The molecule has 0 unspecified atom stereocenters. The third kappa shape index (κ3) is 11.7. The highest BCUT2D eigenvalue weighted by molar-refractivity contribution is 9.10. The van der Waals surface area contributed by atoms with Crippen molar-refractivity contribution in [2.24, 2.45) is 5.73 Å². The van der Waals surface area contributed by atoms with E-state index in [1.807, 2.05) is 144 Å². The van der Waals surface area contributed by atoms with Crippen molar-refractivity contribution in [2.75, 3.05) is 24.2 Å². The molecule has 6 aromatic rings. The standard InChI is InChI=1S/C25H24N2O3.C18H16BrNO3.C13H19NO2/c1-16-2-8-20(13-21(16)18-5-3-17(14-26)4-6-18)27-24(28)25(10-11-25)19-7-9-22-23(12-19)30-15-29-22;1-11-2-4-13(9-14(11)19)20-17(21)18(6-7-18)12-3-5-15-16(8-12)23-10-22-15;1-10-5-7-11(8-6-10)9-14-12(15)16-13(2,3)4/h2-9,12-13H,10-11,14-15,26H2,1H3,(H,27,28);2-5,8-9H,6-7,10H2,1H3,(H,20,21);5-8H,9H2,1-4H3,(H,14,15). The predicted octanol–water partition coefficient (Wildman–Crippen LogP) is 11.7. The van der Waals surface area contributed by atoms with Gasteiger partial charge in [-0.3, -0.25) is 9.59 Å². The summed E-state index contributed by atoms with van der Waals surface area (Å²) in [5.74, 6) is 2.97. The van der Waals surface area contributed by atoms with Gasteiger partial charge in [-0.1, -0.05) is 94.3 Å². The van der Waals surface area contributed by atoms with E-state index in [1.54, 1.807) is 0 Å². The zero-order valence-electron chi connectivity index (χ0n) is 39.9. The molecule has 2 aliphatic carbocycles. The average molecular weight is 996 g/mol. The van der Waals surface area contributed by atoms with Crippen molar-refractivity contribution in [3.8, 4) is 34.1 Å². The van der Waals surface area contributed by atoms with Gasteiger partial charge in [-0.15, -0.1) is 0 Å². The number of nitrogens with two attached hydrogens (primary N) is 1. The molecule has 6 aromatic carbocycles. The Morgan fingerprint density at radius 1 is 0.609 bits per heavy atom. The number of benzene rings is 6. The van der Waals surface area contributed by atoms with Gasteiger partial charge in [-0.25, -0.2) is 4.79 Å². The van der Waals surface area contributed by atoms with E-state index in [2.05, 4.69) is 50.9 Å². The Balaban J connectivity index is 0.000000147. The third-order valence-electron chi connectivity index (χ3n) is 12.6. The number of alkyl carbamates (subject to hydrolysis) is 1. The van der Waals surface area contributed by atoms with Crippen LogP contribution in [0.2, 0.25) is 0 Å². The molecule has 2 saturated carbocycles. The number of fused-ring (bicyclic) bond motifs is 2. The molecular formula is C56H59BrN4O8. The number of carbonyl (C=O) groups excluding carboxylic acids is 3. The van der Waals surface area contributed by atoms with Gasteiger partial charge in [0.25, 0.3) is 0 Å². The number of nitrogens with one attached hydrogen (secondary N) is 3. The first kappa shape index (κ1) is 48.6. The topological polar surface area (TPSA) is 159 Å². The van der Waals surface area contributed by atoms with Crippen LogP contribution < -0.4 is 40.6 Å². The number of carbonyl (C=O) groups is 3. The van der Waals surface area contributed by atoms with Crippen LogP contribution in [0.5, 0.6) is 23.0 Å². The van der Waals surface area contributed by atoms with E-state index in [0.717, 1.165) is 103 Å². The van der Waals surface area contributed by atoms with Gasteiger partial charge in [0.1, 0.15) is 5.60 Å². The fraction of sp³-hybridized carbons (Fsp3) is 0.304. The minimum Gasteiger partial charge on any atom is -0.454 e. The van der Waals surface area contributed by atoms with Crippen molar-refractivity contribution < 1.29 is 38.1 Å². The maximum atomic E-state index is 13.2. The van der Waals surface area contributed by atoms with Crippen LogP contribution in [0.25, 0.3) is 11.1 Å². The number of hydrogen-bond donors (Lipinski definition) is 4. The van der Waals surface area contributed by atoms with Crippen molar-refractivity contribution in [3.63, 3.8) is 0 Å². The molecule has 0 radical (unpaired) electrons. The van der Waals surface area contributed by atoms with Crippen LogP contribution in [-0.4, -0.2) is 37.1 Å². The minimum atomic E-state index is -0.491. The lowest BCUT2D eigenvalue weighted by molar-refractivity contribution is -0.119. The zero-order valence-corrected chi connectivity index (χ0v) is 41.5. The van der Waals surface area contributed by atoms with E-state index in [9.17, 15) is 14.4 Å². The van der Waals surface area contributed by atoms with E-state index in [1.165, 1.54) is 5.56 Å². The molecule has 4 aliphatic rings. The van der Waals surface area contributed by atoms with Gasteiger partial charge in [0.2, 0.25) is 25.4 Å². The maximum Gasteiger partial charge on any atom is 0.407 e. The molecule has 3 amide bonds. The smallest absolute Gasteiger partial charge is 0.407 e. The number of hydrogen-bond acceptors (Lipinski definition) is 9. The second-order valence-corrected chi connectivity index (χ2v) is 19.8. The van der Waals surface area contributed by atoms with E-state index in [0.29, 0.717) is 18.8 Å². The molecule has 0 spiro atoms. The molecule has 0 aromatic heterocycles. The molecule has 0 atom stereocenters. The molecule has 10 rings (SSSR count). The van der Waals surface area contributed by atoms with E-state index < -0.39 is 16.4 Å². The summed E-state index contributed by atoms with van der Waals surface area (Å²) in [6, 6.07) is 39.7. The molecule has 5 N–H and O–H groups in total. The van der Waals surface area contributed by atoms with Gasteiger partial charge in [0, 0.05) is 28.9 Å². The van der Waals surface area contributed by atoms with E-state index in [4.69, 9.17) is 29.4 Å². The Labute approximate surface area is 412 Å². The van der Waals surface area contributed by atoms with Crippen LogP contribution in [0.1, 0.15) is 85.4 Å². The van der Waals surface area contributed by atoms with Crippen LogP contribution in [0.3, 0.4) is 0 Å². The number of rotatable bonds is 10. The summed E-state index contributed by atoms with van der Waals surface area (Å²) in [7, 11) is 0. The molecule has 69 heavy (non-hydrogen) atoms. The Kier molecular flexibility index (Phi) is 14.4. The highest BCUT2D eigenvalue weighted by Gasteiger charge is 2.52. The second kappa shape index (κ2) is 20.4. The van der Waals surface area contributed by atoms with Gasteiger partial charge in [-0.2, -0.15) is 0 Å². The van der Waals surface area contributed by atoms with Crippen LogP contribution in [0, 0.1) is 20.8 Å². The first-order valence-electron chi connectivity index (χ1n) is 23.2. The monoisotopic (exact) mass is 994 g/mol. The molecule has 358 valence electrons. The number of aryl methyl sites for hydroxylation is 3. The lowest BCUT2D eigenvalue weighted by Gasteiger charge is -2.19. The summed E-state index contributed by atoms with van der Waals surface area (Å²) in [4.78, 5) is 37.4. The maximum absolute atomic E-state index is 13.2. The zero-order chi connectivity index (χ0) is 48.9. The summed E-state index contributed by atoms with van der Waals surface area (Å²) >= 11 is 3.50. The van der Waals surface area contributed by atoms with Crippen LogP contribution in [0.15, 0.2) is 126 Å². The minimum absolute atomic E-state index is 0.0228.